The zero-order valence-electron chi connectivity index (χ0n) is 7.50. The Hall–Kier alpha value is -0.870. The Balaban J connectivity index is 2.60. The first-order chi connectivity index (χ1) is 6.63. The van der Waals surface area contributed by atoms with Gasteiger partial charge in [-0.05, 0) is 12.1 Å². The first-order valence-electron chi connectivity index (χ1n) is 3.99. The van der Waals surface area contributed by atoms with Crippen LogP contribution in [0.4, 0.5) is 5.82 Å². The zero-order valence-corrected chi connectivity index (χ0v) is 9.01. The Labute approximate surface area is 91.6 Å². The van der Waals surface area contributed by atoms with Gasteiger partial charge >= 0.3 is 0 Å². The van der Waals surface area contributed by atoms with Crippen molar-refractivity contribution in [2.45, 2.75) is 6.92 Å². The van der Waals surface area contributed by atoms with Crippen molar-refractivity contribution in [3.8, 4) is 0 Å². The number of carbonyl (C=O) groups is 1. The van der Waals surface area contributed by atoms with Crippen molar-refractivity contribution in [3.05, 3.63) is 17.3 Å². The van der Waals surface area contributed by atoms with E-state index >= 15 is 0 Å². The number of nitrogens with zero attached hydrogens (tertiary/aromatic N) is 2. The number of anilines is 1. The fourth-order valence-corrected chi connectivity index (χ4v) is 0.943. The van der Waals surface area contributed by atoms with E-state index in [1.807, 2.05) is 0 Å². The summed E-state index contributed by atoms with van der Waals surface area (Å²) in [4.78, 5) is 11.3. The normalized spacial score (nSPS) is 12.2. The largest absolute Gasteiger partial charge is 0.309 e. The highest BCUT2D eigenvalue weighted by molar-refractivity contribution is 6.29. The van der Waals surface area contributed by atoms with Crippen molar-refractivity contribution in [2.75, 3.05) is 11.2 Å². The molecule has 4 nitrogen and oxygen atoms in total. The molecule has 0 radical (unpaired) electrons. The van der Waals surface area contributed by atoms with Crippen LogP contribution in [0.15, 0.2) is 12.1 Å². The molecule has 0 saturated heterocycles. The molecule has 0 aliphatic rings. The van der Waals surface area contributed by atoms with E-state index in [0.717, 1.165) is 0 Å². The number of hydrogen-bond donors (Lipinski definition) is 1. The molecule has 0 aliphatic heterocycles. The predicted octanol–water partition coefficient (Wildman–Crippen LogP) is 1.94. The van der Waals surface area contributed by atoms with E-state index in [2.05, 4.69) is 15.5 Å². The highest BCUT2D eigenvalue weighted by Gasteiger charge is 2.11. The van der Waals surface area contributed by atoms with Crippen LogP contribution in [-0.4, -0.2) is 22.0 Å². The molecule has 1 heterocycles. The molecule has 1 atom stereocenters. The SMILES string of the molecule is CC(CCl)C(=O)Nc1ccc(Cl)nn1. The van der Waals surface area contributed by atoms with Crippen molar-refractivity contribution >= 4 is 34.9 Å². The molecular formula is C8H9Cl2N3O. The van der Waals surface area contributed by atoms with Crippen LogP contribution in [-0.2, 0) is 4.79 Å². The summed E-state index contributed by atoms with van der Waals surface area (Å²) in [5, 5.41) is 10.1. The standard InChI is InChI=1S/C8H9Cl2N3O/c1-5(4-9)8(14)11-7-3-2-6(10)12-13-7/h2-3,5H,4H2,1H3,(H,11,13,14). The van der Waals surface area contributed by atoms with Gasteiger partial charge in [-0.1, -0.05) is 18.5 Å². The van der Waals surface area contributed by atoms with Gasteiger partial charge in [0.1, 0.15) is 0 Å². The second-order valence-corrected chi connectivity index (χ2v) is 3.48. The monoisotopic (exact) mass is 233 g/mol. The van der Waals surface area contributed by atoms with Crippen molar-refractivity contribution < 1.29 is 4.79 Å². The maximum absolute atomic E-state index is 11.3. The van der Waals surface area contributed by atoms with Gasteiger partial charge in [0.25, 0.3) is 0 Å². The van der Waals surface area contributed by atoms with Gasteiger partial charge in [-0.2, -0.15) is 0 Å². The van der Waals surface area contributed by atoms with E-state index in [9.17, 15) is 4.79 Å². The number of nitrogens with one attached hydrogen (secondary N) is 1. The van der Waals surface area contributed by atoms with Gasteiger partial charge in [0, 0.05) is 11.8 Å². The summed E-state index contributed by atoms with van der Waals surface area (Å²) in [7, 11) is 0. The number of aromatic nitrogens is 2. The molecular weight excluding hydrogens is 225 g/mol. The van der Waals surface area contributed by atoms with Gasteiger partial charge in [0.05, 0.1) is 0 Å². The summed E-state index contributed by atoms with van der Waals surface area (Å²) in [5.74, 6) is 0.203. The summed E-state index contributed by atoms with van der Waals surface area (Å²) < 4.78 is 0. The Morgan fingerprint density at radius 2 is 2.29 bits per heavy atom. The third-order valence-electron chi connectivity index (χ3n) is 1.56. The molecule has 1 rings (SSSR count). The predicted molar refractivity (Wildman–Crippen MR) is 55.6 cm³/mol. The molecule has 14 heavy (non-hydrogen) atoms. The summed E-state index contributed by atoms with van der Waals surface area (Å²) in [5.41, 5.74) is 0. The molecule has 0 aromatic carbocycles. The lowest BCUT2D eigenvalue weighted by molar-refractivity contribution is -0.118. The lowest BCUT2D eigenvalue weighted by atomic mass is 10.2. The minimum atomic E-state index is -0.255. The van der Waals surface area contributed by atoms with Crippen LogP contribution < -0.4 is 5.32 Å². The van der Waals surface area contributed by atoms with Gasteiger partial charge in [-0.25, -0.2) is 0 Å². The molecule has 0 spiro atoms. The number of halogens is 2. The molecule has 1 aromatic rings. The fraction of sp³-hybridized carbons (Fsp3) is 0.375. The van der Waals surface area contributed by atoms with Crippen LogP contribution in [0.2, 0.25) is 5.15 Å². The maximum atomic E-state index is 11.3. The molecule has 1 aromatic heterocycles. The Morgan fingerprint density at radius 1 is 1.57 bits per heavy atom. The molecule has 76 valence electrons. The van der Waals surface area contributed by atoms with E-state index < -0.39 is 0 Å². The average molecular weight is 234 g/mol. The number of alkyl halides is 1. The van der Waals surface area contributed by atoms with Crippen molar-refractivity contribution in [1.29, 1.82) is 0 Å². The van der Waals surface area contributed by atoms with Crippen molar-refractivity contribution in [1.82, 2.24) is 10.2 Å². The van der Waals surface area contributed by atoms with Gasteiger partial charge in [0.2, 0.25) is 5.91 Å². The van der Waals surface area contributed by atoms with E-state index in [1.54, 1.807) is 19.1 Å². The summed E-state index contributed by atoms with van der Waals surface area (Å²) in [6, 6.07) is 3.13. The van der Waals surface area contributed by atoms with Gasteiger partial charge in [-0.3, -0.25) is 4.79 Å². The van der Waals surface area contributed by atoms with Gasteiger partial charge in [-0.15, -0.1) is 21.8 Å². The lowest BCUT2D eigenvalue weighted by Crippen LogP contribution is -2.22. The third kappa shape index (κ3) is 3.12. The lowest BCUT2D eigenvalue weighted by Gasteiger charge is -2.07. The zero-order chi connectivity index (χ0) is 10.6. The molecule has 0 saturated carbocycles. The van der Waals surface area contributed by atoms with Gasteiger partial charge < -0.3 is 5.32 Å². The first kappa shape index (κ1) is 11.2. The van der Waals surface area contributed by atoms with E-state index in [0.29, 0.717) is 5.82 Å². The van der Waals surface area contributed by atoms with Crippen LogP contribution >= 0.6 is 23.2 Å². The second-order valence-electron chi connectivity index (χ2n) is 2.79. The quantitative estimate of drug-likeness (QED) is 0.813. The Bertz CT molecular complexity index is 315. The highest BCUT2D eigenvalue weighted by Crippen LogP contribution is 2.08. The highest BCUT2D eigenvalue weighted by atomic mass is 35.5. The van der Waals surface area contributed by atoms with Crippen LogP contribution in [0.25, 0.3) is 0 Å². The molecule has 1 N–H and O–H groups in total. The summed E-state index contributed by atoms with van der Waals surface area (Å²) in [6.45, 7) is 1.73. The maximum Gasteiger partial charge on any atom is 0.229 e. The smallest absolute Gasteiger partial charge is 0.229 e. The first-order valence-corrected chi connectivity index (χ1v) is 4.91. The molecule has 6 heteroatoms. The second kappa shape index (κ2) is 5.12. The van der Waals surface area contributed by atoms with Crippen LogP contribution in [0, 0.1) is 5.92 Å². The minimum Gasteiger partial charge on any atom is -0.309 e. The Morgan fingerprint density at radius 3 is 2.79 bits per heavy atom. The van der Waals surface area contributed by atoms with E-state index in [1.165, 1.54) is 0 Å². The fourth-order valence-electron chi connectivity index (χ4n) is 0.702. The number of hydrogen-bond acceptors (Lipinski definition) is 3. The summed E-state index contributed by atoms with van der Waals surface area (Å²) in [6.07, 6.45) is 0. The molecule has 0 bridgehead atoms. The van der Waals surface area contributed by atoms with E-state index in [4.69, 9.17) is 23.2 Å². The topological polar surface area (TPSA) is 54.9 Å². The number of rotatable bonds is 3. The molecule has 1 unspecified atom stereocenters. The van der Waals surface area contributed by atoms with Crippen molar-refractivity contribution in [3.63, 3.8) is 0 Å². The summed E-state index contributed by atoms with van der Waals surface area (Å²) >= 11 is 11.1. The number of amides is 1. The minimum absolute atomic E-state index is 0.184. The Kier molecular flexibility index (Phi) is 4.10. The van der Waals surface area contributed by atoms with E-state index in [-0.39, 0.29) is 22.9 Å². The van der Waals surface area contributed by atoms with Gasteiger partial charge in [0.15, 0.2) is 11.0 Å². The average Bonchev–Trinajstić information content (AvgIpc) is 2.20. The molecule has 0 fully saturated rings. The third-order valence-corrected chi connectivity index (χ3v) is 2.23. The van der Waals surface area contributed by atoms with Crippen LogP contribution in [0.3, 0.4) is 0 Å². The molecule has 0 aliphatic carbocycles. The molecule has 1 amide bonds. The number of carbonyl (C=O) groups excluding carboxylic acids is 1. The van der Waals surface area contributed by atoms with Crippen LogP contribution in [0.1, 0.15) is 6.92 Å². The van der Waals surface area contributed by atoms with Crippen molar-refractivity contribution in [2.24, 2.45) is 5.92 Å². The van der Waals surface area contributed by atoms with Crippen LogP contribution in [0.5, 0.6) is 0 Å².